The Labute approximate surface area is 75.0 Å². The Morgan fingerprint density at radius 3 is 2.42 bits per heavy atom. The molecule has 0 heteroatoms. The summed E-state index contributed by atoms with van der Waals surface area (Å²) in [6.45, 7) is 0. The summed E-state index contributed by atoms with van der Waals surface area (Å²) in [4.78, 5) is 0. The fourth-order valence-electron chi connectivity index (χ4n) is 1.09. The van der Waals surface area contributed by atoms with Crippen molar-refractivity contribution in [3.63, 3.8) is 0 Å². The average molecular weight is 159 g/mol. The summed E-state index contributed by atoms with van der Waals surface area (Å²) in [6.07, 6.45) is 19.4. The van der Waals surface area contributed by atoms with Gasteiger partial charge in [0.15, 0.2) is 0 Å². The third-order valence-corrected chi connectivity index (χ3v) is 1.76. The molecule has 1 radical (unpaired) electrons. The summed E-state index contributed by atoms with van der Waals surface area (Å²) < 4.78 is 0. The number of rotatable bonds is 0. The summed E-state index contributed by atoms with van der Waals surface area (Å²) in [6, 6.07) is 0. The fourth-order valence-corrected chi connectivity index (χ4v) is 1.09. The first-order valence-electron chi connectivity index (χ1n) is 4.56. The van der Waals surface area contributed by atoms with E-state index in [1.165, 1.54) is 25.7 Å². The summed E-state index contributed by atoms with van der Waals surface area (Å²) in [5.74, 6) is 0. The van der Waals surface area contributed by atoms with E-state index in [4.69, 9.17) is 0 Å². The summed E-state index contributed by atoms with van der Waals surface area (Å²) >= 11 is 0. The van der Waals surface area contributed by atoms with E-state index in [-0.39, 0.29) is 0 Å². The van der Waals surface area contributed by atoms with Crippen LogP contribution in [-0.4, -0.2) is 0 Å². The number of hydrogen-bond acceptors (Lipinski definition) is 0. The lowest BCUT2D eigenvalue weighted by Crippen LogP contribution is -1.72. The Bertz CT molecular complexity index is 212. The minimum absolute atomic E-state index is 1.19. The van der Waals surface area contributed by atoms with Crippen LogP contribution < -0.4 is 0 Å². The van der Waals surface area contributed by atoms with Gasteiger partial charge in [0.25, 0.3) is 0 Å². The van der Waals surface area contributed by atoms with Crippen LogP contribution in [-0.2, 0) is 0 Å². The van der Waals surface area contributed by atoms with E-state index >= 15 is 0 Å². The van der Waals surface area contributed by atoms with Crippen LogP contribution in [0.2, 0.25) is 0 Å². The van der Waals surface area contributed by atoms with E-state index in [0.29, 0.717) is 0 Å². The Morgan fingerprint density at radius 2 is 1.58 bits per heavy atom. The molecule has 0 fully saturated rings. The lowest BCUT2D eigenvalue weighted by molar-refractivity contribution is 0.762. The van der Waals surface area contributed by atoms with Gasteiger partial charge in [0.1, 0.15) is 0 Å². The zero-order valence-electron chi connectivity index (χ0n) is 7.37. The minimum Gasteiger partial charge on any atom is -0.125 e. The zero-order valence-corrected chi connectivity index (χ0v) is 7.37. The van der Waals surface area contributed by atoms with Gasteiger partial charge in [0, 0.05) is 6.42 Å². The van der Waals surface area contributed by atoms with Gasteiger partial charge in [-0.2, -0.15) is 0 Å². The molecule has 1 rings (SSSR count). The van der Waals surface area contributed by atoms with Crippen LogP contribution in [0.5, 0.6) is 0 Å². The van der Waals surface area contributed by atoms with E-state index in [1.807, 2.05) is 18.6 Å². The highest BCUT2D eigenvalue weighted by Gasteiger charge is 1.83. The van der Waals surface area contributed by atoms with Crippen molar-refractivity contribution in [2.45, 2.75) is 25.7 Å². The molecule has 0 heterocycles. The van der Waals surface area contributed by atoms with Crippen molar-refractivity contribution >= 4 is 0 Å². The molecular weight excluding hydrogens is 144 g/mol. The molecule has 0 aromatic rings. The first-order valence-corrected chi connectivity index (χ1v) is 4.56. The van der Waals surface area contributed by atoms with Crippen LogP contribution >= 0.6 is 0 Å². The molecule has 0 atom stereocenters. The van der Waals surface area contributed by atoms with Crippen molar-refractivity contribution < 1.29 is 0 Å². The first kappa shape index (κ1) is 9.09. The standard InChI is InChI=1S/C12H15/c1-2-4-6-8-10-12-11-9-7-5-3-1/h1-4,8,10,12H,5,7,9,11H2/b3-1-,12-10+. The second-order valence-electron chi connectivity index (χ2n) is 2.83. The van der Waals surface area contributed by atoms with Gasteiger partial charge in [0.2, 0.25) is 0 Å². The zero-order chi connectivity index (χ0) is 8.49. The molecule has 0 bridgehead atoms. The van der Waals surface area contributed by atoms with Gasteiger partial charge >= 0.3 is 0 Å². The highest BCUT2D eigenvalue weighted by atomic mass is 13.9. The van der Waals surface area contributed by atoms with E-state index in [9.17, 15) is 0 Å². The Kier molecular flexibility index (Phi) is 5.07. The molecule has 0 saturated heterocycles. The van der Waals surface area contributed by atoms with E-state index in [2.05, 4.69) is 30.0 Å². The van der Waals surface area contributed by atoms with Crippen molar-refractivity contribution in [3.8, 4) is 0 Å². The molecule has 0 nitrogen and oxygen atoms in total. The normalized spacial score (nSPS) is 24.0. The van der Waals surface area contributed by atoms with Gasteiger partial charge in [-0.15, -0.1) is 5.73 Å². The predicted octanol–water partition coefficient (Wildman–Crippen LogP) is 3.59. The molecule has 0 saturated carbocycles. The monoisotopic (exact) mass is 159 g/mol. The molecule has 0 aromatic heterocycles. The van der Waals surface area contributed by atoms with Crippen molar-refractivity contribution in [3.05, 3.63) is 48.6 Å². The average Bonchev–Trinajstić information content (AvgIpc) is 2.05. The first-order chi connectivity index (χ1) is 6.00. The van der Waals surface area contributed by atoms with Gasteiger partial charge in [-0.25, -0.2) is 0 Å². The smallest absolute Gasteiger partial charge is 0.0126 e. The minimum atomic E-state index is 1.19. The molecule has 1 aliphatic rings. The highest BCUT2D eigenvalue weighted by molar-refractivity contribution is 5.11. The van der Waals surface area contributed by atoms with Crippen molar-refractivity contribution in [2.75, 3.05) is 0 Å². The third-order valence-electron chi connectivity index (χ3n) is 1.76. The van der Waals surface area contributed by atoms with E-state index < -0.39 is 0 Å². The predicted molar refractivity (Wildman–Crippen MR) is 53.7 cm³/mol. The van der Waals surface area contributed by atoms with Gasteiger partial charge in [-0.05, 0) is 37.8 Å². The Morgan fingerprint density at radius 1 is 0.833 bits per heavy atom. The van der Waals surface area contributed by atoms with Crippen molar-refractivity contribution in [1.29, 1.82) is 0 Å². The molecule has 0 aliphatic heterocycles. The molecule has 0 spiro atoms. The quantitative estimate of drug-likeness (QED) is 0.474. The molecule has 0 unspecified atom stereocenters. The maximum Gasteiger partial charge on any atom is 0.0126 e. The van der Waals surface area contributed by atoms with Crippen molar-refractivity contribution in [2.24, 2.45) is 0 Å². The second-order valence-corrected chi connectivity index (χ2v) is 2.83. The Balaban J connectivity index is 2.44. The lowest BCUT2D eigenvalue weighted by Gasteiger charge is -1.92. The Hall–Kier alpha value is -1.00. The van der Waals surface area contributed by atoms with Crippen LogP contribution in [0.25, 0.3) is 0 Å². The van der Waals surface area contributed by atoms with Crippen LogP contribution in [0.1, 0.15) is 25.7 Å². The highest BCUT2D eigenvalue weighted by Crippen LogP contribution is 2.02. The molecule has 0 N–H and O–H groups in total. The van der Waals surface area contributed by atoms with Crippen LogP contribution in [0.3, 0.4) is 0 Å². The molecule has 1 aliphatic carbocycles. The summed E-state index contributed by atoms with van der Waals surface area (Å²) in [5.41, 5.74) is 3.06. The second kappa shape index (κ2) is 6.69. The lowest BCUT2D eigenvalue weighted by atomic mass is 10.1. The third kappa shape index (κ3) is 4.76. The van der Waals surface area contributed by atoms with E-state index in [1.54, 1.807) is 0 Å². The van der Waals surface area contributed by atoms with Gasteiger partial charge in [-0.1, -0.05) is 24.3 Å². The van der Waals surface area contributed by atoms with Gasteiger partial charge in [0.05, 0.1) is 0 Å². The molecule has 63 valence electrons. The van der Waals surface area contributed by atoms with Crippen LogP contribution in [0, 0.1) is 6.42 Å². The largest absolute Gasteiger partial charge is 0.125 e. The molecule has 0 amide bonds. The SMILES string of the molecule is C1=C[CH]/C=C\CCCC/C=C/C=1. The van der Waals surface area contributed by atoms with Gasteiger partial charge < -0.3 is 0 Å². The number of hydrogen-bond donors (Lipinski definition) is 0. The van der Waals surface area contributed by atoms with Crippen molar-refractivity contribution in [1.82, 2.24) is 0 Å². The molecule has 0 aromatic carbocycles. The molecule has 12 heavy (non-hydrogen) atoms. The number of allylic oxidation sites excluding steroid dienone is 5. The topological polar surface area (TPSA) is 0 Å². The summed E-state index contributed by atoms with van der Waals surface area (Å²) in [5, 5.41) is 0. The van der Waals surface area contributed by atoms with Crippen LogP contribution in [0.15, 0.2) is 42.2 Å². The molecular formula is C12H15. The summed E-state index contributed by atoms with van der Waals surface area (Å²) in [7, 11) is 0. The van der Waals surface area contributed by atoms with Crippen LogP contribution in [0.4, 0.5) is 0 Å². The maximum atomic E-state index is 3.06. The van der Waals surface area contributed by atoms with E-state index in [0.717, 1.165) is 0 Å². The van der Waals surface area contributed by atoms with Gasteiger partial charge in [-0.3, -0.25) is 0 Å². The maximum absolute atomic E-state index is 3.06. The fraction of sp³-hybridized carbons (Fsp3) is 0.333.